The molecule has 1 aliphatic carbocycles. The average Bonchev–Trinajstić information content (AvgIpc) is 2.43. The van der Waals surface area contributed by atoms with E-state index in [-0.39, 0.29) is 5.54 Å². The molecule has 3 nitrogen and oxygen atoms in total. The van der Waals surface area contributed by atoms with Gasteiger partial charge in [-0.05, 0) is 26.2 Å². The normalized spacial score (nSPS) is 19.1. The predicted molar refractivity (Wildman–Crippen MR) is 60.9 cm³/mol. The van der Waals surface area contributed by atoms with Gasteiger partial charge in [-0.15, -0.1) is 0 Å². The van der Waals surface area contributed by atoms with Gasteiger partial charge in [0.25, 0.3) is 0 Å². The molecular formula is C10H17N3S. The van der Waals surface area contributed by atoms with Crippen molar-refractivity contribution in [3.05, 3.63) is 10.6 Å². The van der Waals surface area contributed by atoms with Crippen LogP contribution in [0.4, 0.5) is 5.13 Å². The molecule has 1 heterocycles. The first-order valence-corrected chi connectivity index (χ1v) is 5.79. The summed E-state index contributed by atoms with van der Waals surface area (Å²) in [7, 11) is 4.04. The van der Waals surface area contributed by atoms with E-state index in [9.17, 15) is 0 Å². The third-order valence-electron chi connectivity index (χ3n) is 2.87. The molecule has 0 aliphatic heterocycles. The Labute approximate surface area is 88.9 Å². The molecule has 0 unspecified atom stereocenters. The van der Waals surface area contributed by atoms with Gasteiger partial charge in [0, 0.05) is 19.0 Å². The Hall–Kier alpha value is -0.610. The number of anilines is 1. The highest BCUT2D eigenvalue weighted by atomic mass is 32.1. The Kier molecular flexibility index (Phi) is 2.27. The molecule has 2 N–H and O–H groups in total. The topological polar surface area (TPSA) is 42.2 Å². The van der Waals surface area contributed by atoms with Crippen molar-refractivity contribution >= 4 is 16.5 Å². The molecule has 1 aromatic heterocycles. The molecule has 0 amide bonds. The highest BCUT2D eigenvalue weighted by Gasteiger charge is 2.37. The maximum Gasteiger partial charge on any atom is 0.185 e. The Balaban J connectivity index is 2.34. The second-order valence-electron chi connectivity index (χ2n) is 4.32. The first kappa shape index (κ1) is 9.93. The van der Waals surface area contributed by atoms with Gasteiger partial charge in [-0.25, -0.2) is 4.98 Å². The Morgan fingerprint density at radius 3 is 2.43 bits per heavy atom. The van der Waals surface area contributed by atoms with Gasteiger partial charge in [-0.3, -0.25) is 0 Å². The second kappa shape index (κ2) is 3.21. The van der Waals surface area contributed by atoms with Crippen LogP contribution in [0, 0.1) is 6.92 Å². The minimum absolute atomic E-state index is 0.0595. The number of nitrogens with zero attached hydrogens (tertiary/aromatic N) is 2. The summed E-state index contributed by atoms with van der Waals surface area (Å²) in [5.41, 5.74) is 7.34. The molecule has 1 saturated carbocycles. The molecule has 14 heavy (non-hydrogen) atoms. The van der Waals surface area contributed by atoms with Crippen LogP contribution in [-0.4, -0.2) is 19.1 Å². The maximum atomic E-state index is 6.29. The van der Waals surface area contributed by atoms with E-state index in [1.54, 1.807) is 11.3 Å². The van der Waals surface area contributed by atoms with E-state index in [1.807, 2.05) is 19.0 Å². The van der Waals surface area contributed by atoms with Crippen molar-refractivity contribution in [2.45, 2.75) is 31.7 Å². The van der Waals surface area contributed by atoms with Crippen molar-refractivity contribution in [3.63, 3.8) is 0 Å². The predicted octanol–water partition coefficient (Wildman–Crippen LogP) is 1.86. The maximum absolute atomic E-state index is 6.29. The Morgan fingerprint density at radius 2 is 2.07 bits per heavy atom. The standard InChI is InChI=1S/C10H17N3S/c1-7-8(10(11)5-4-6-10)14-9(12-7)13(2)3/h4-6,11H2,1-3H3. The molecule has 0 aromatic carbocycles. The van der Waals surface area contributed by atoms with Crippen LogP contribution in [-0.2, 0) is 5.54 Å². The molecule has 0 bridgehead atoms. The third-order valence-corrected chi connectivity index (χ3v) is 4.41. The fraction of sp³-hybridized carbons (Fsp3) is 0.700. The van der Waals surface area contributed by atoms with Gasteiger partial charge >= 0.3 is 0 Å². The van der Waals surface area contributed by atoms with Crippen LogP contribution in [0.1, 0.15) is 29.8 Å². The summed E-state index contributed by atoms with van der Waals surface area (Å²) in [5, 5.41) is 1.06. The van der Waals surface area contributed by atoms with E-state index < -0.39 is 0 Å². The van der Waals surface area contributed by atoms with Crippen molar-refractivity contribution < 1.29 is 0 Å². The largest absolute Gasteiger partial charge is 0.354 e. The van der Waals surface area contributed by atoms with Crippen molar-refractivity contribution in [2.24, 2.45) is 5.73 Å². The lowest BCUT2D eigenvalue weighted by Crippen LogP contribution is -2.43. The average molecular weight is 211 g/mol. The minimum atomic E-state index is -0.0595. The van der Waals surface area contributed by atoms with Gasteiger partial charge < -0.3 is 10.6 Å². The summed E-state index contributed by atoms with van der Waals surface area (Å²) in [5.74, 6) is 0. The van der Waals surface area contributed by atoms with Gasteiger partial charge in [0.2, 0.25) is 0 Å². The van der Waals surface area contributed by atoms with Gasteiger partial charge in [0.1, 0.15) is 0 Å². The van der Waals surface area contributed by atoms with Gasteiger partial charge in [0.05, 0.1) is 11.2 Å². The number of nitrogens with two attached hydrogens (primary N) is 1. The van der Waals surface area contributed by atoms with Crippen molar-refractivity contribution in [3.8, 4) is 0 Å². The van der Waals surface area contributed by atoms with Crippen molar-refractivity contribution in [2.75, 3.05) is 19.0 Å². The molecule has 78 valence electrons. The molecular weight excluding hydrogens is 194 g/mol. The summed E-state index contributed by atoms with van der Waals surface area (Å²) in [6.07, 6.45) is 3.48. The highest BCUT2D eigenvalue weighted by Crippen LogP contribution is 2.44. The van der Waals surface area contributed by atoms with Crippen LogP contribution in [0.15, 0.2) is 0 Å². The first-order valence-electron chi connectivity index (χ1n) is 4.97. The number of hydrogen-bond acceptors (Lipinski definition) is 4. The molecule has 0 atom stereocenters. The number of aromatic nitrogens is 1. The summed E-state index contributed by atoms with van der Waals surface area (Å²) in [4.78, 5) is 7.85. The molecule has 1 aromatic rings. The summed E-state index contributed by atoms with van der Waals surface area (Å²) < 4.78 is 0. The summed E-state index contributed by atoms with van der Waals surface area (Å²) in [6.45, 7) is 2.06. The first-order chi connectivity index (χ1) is 6.53. The molecule has 4 heteroatoms. The third kappa shape index (κ3) is 1.42. The SMILES string of the molecule is Cc1nc(N(C)C)sc1C1(N)CCC1. The quantitative estimate of drug-likeness (QED) is 0.812. The van der Waals surface area contributed by atoms with Crippen LogP contribution < -0.4 is 10.6 Å². The zero-order chi connectivity index (χ0) is 10.3. The molecule has 1 fully saturated rings. The fourth-order valence-electron chi connectivity index (χ4n) is 1.82. The van der Waals surface area contributed by atoms with E-state index in [0.717, 1.165) is 23.7 Å². The lowest BCUT2D eigenvalue weighted by atomic mass is 9.76. The fourth-order valence-corrected chi connectivity index (χ4v) is 2.97. The van der Waals surface area contributed by atoms with E-state index in [1.165, 1.54) is 11.3 Å². The minimum Gasteiger partial charge on any atom is -0.354 e. The second-order valence-corrected chi connectivity index (χ2v) is 5.29. The van der Waals surface area contributed by atoms with Crippen LogP contribution in [0.3, 0.4) is 0 Å². The molecule has 0 radical (unpaired) electrons. The van der Waals surface area contributed by atoms with Crippen LogP contribution in [0.25, 0.3) is 0 Å². The van der Waals surface area contributed by atoms with Gasteiger partial charge in [0.15, 0.2) is 5.13 Å². The molecule has 0 saturated heterocycles. The molecule has 2 rings (SSSR count). The van der Waals surface area contributed by atoms with E-state index in [0.29, 0.717) is 0 Å². The van der Waals surface area contributed by atoms with E-state index in [4.69, 9.17) is 5.73 Å². The van der Waals surface area contributed by atoms with Crippen molar-refractivity contribution in [1.82, 2.24) is 4.98 Å². The number of rotatable bonds is 2. The monoisotopic (exact) mass is 211 g/mol. The lowest BCUT2D eigenvalue weighted by molar-refractivity contribution is 0.257. The zero-order valence-electron chi connectivity index (χ0n) is 9.00. The Morgan fingerprint density at radius 1 is 1.43 bits per heavy atom. The number of hydrogen-bond donors (Lipinski definition) is 1. The highest BCUT2D eigenvalue weighted by molar-refractivity contribution is 7.15. The van der Waals surface area contributed by atoms with E-state index >= 15 is 0 Å². The van der Waals surface area contributed by atoms with E-state index in [2.05, 4.69) is 11.9 Å². The van der Waals surface area contributed by atoms with Crippen molar-refractivity contribution in [1.29, 1.82) is 0 Å². The lowest BCUT2D eigenvalue weighted by Gasteiger charge is -2.37. The Bertz CT molecular complexity index is 339. The summed E-state index contributed by atoms with van der Waals surface area (Å²) >= 11 is 1.74. The van der Waals surface area contributed by atoms with Gasteiger partial charge in [-0.2, -0.15) is 0 Å². The zero-order valence-corrected chi connectivity index (χ0v) is 9.82. The molecule has 1 aliphatic rings. The van der Waals surface area contributed by atoms with Crippen LogP contribution in [0.5, 0.6) is 0 Å². The van der Waals surface area contributed by atoms with Gasteiger partial charge in [-0.1, -0.05) is 11.3 Å². The van der Waals surface area contributed by atoms with Crippen LogP contribution >= 0.6 is 11.3 Å². The number of thiazole rings is 1. The summed E-state index contributed by atoms with van der Waals surface area (Å²) in [6, 6.07) is 0. The molecule has 0 spiro atoms. The number of aryl methyl sites for hydroxylation is 1. The smallest absolute Gasteiger partial charge is 0.185 e. The van der Waals surface area contributed by atoms with Crippen LogP contribution in [0.2, 0.25) is 0 Å².